The lowest BCUT2D eigenvalue weighted by atomic mass is 10.0. The second-order valence-corrected chi connectivity index (χ2v) is 8.61. The molecular formula is C24H26N2O5. The number of nitrogens with one attached hydrogen (secondary N) is 1. The fraction of sp³-hybridized carbons (Fsp3) is 0.375. The Bertz CT molecular complexity index is 991. The number of carboxylic acids is 1. The number of ether oxygens (including phenoxy) is 1. The number of likely N-dealkylation sites (tertiary alicyclic amines) is 1. The number of piperidine rings is 1. The van der Waals surface area contributed by atoms with Gasteiger partial charge in [-0.3, -0.25) is 9.59 Å². The molecule has 7 heteroatoms. The van der Waals surface area contributed by atoms with E-state index in [1.54, 1.807) is 24.3 Å². The van der Waals surface area contributed by atoms with Gasteiger partial charge in [0.05, 0.1) is 6.54 Å². The highest BCUT2D eigenvalue weighted by atomic mass is 16.5. The molecule has 2 N–H and O–H groups in total. The second kappa shape index (κ2) is 8.06. The number of rotatable bonds is 7. The van der Waals surface area contributed by atoms with E-state index in [4.69, 9.17) is 4.74 Å². The summed E-state index contributed by atoms with van der Waals surface area (Å²) in [5.74, 6) is -1.10. The van der Waals surface area contributed by atoms with E-state index in [-0.39, 0.29) is 35.9 Å². The van der Waals surface area contributed by atoms with E-state index in [0.29, 0.717) is 17.7 Å². The number of carbonyl (C=O) groups excluding carboxylic acids is 2. The third kappa shape index (κ3) is 4.26. The zero-order valence-corrected chi connectivity index (χ0v) is 17.6. The molecule has 2 aliphatic rings. The van der Waals surface area contributed by atoms with E-state index >= 15 is 0 Å². The maximum absolute atomic E-state index is 12.6. The molecule has 1 heterocycles. The molecule has 0 aromatic heterocycles. The number of hydrogen-bond acceptors (Lipinski definition) is 4. The molecule has 31 heavy (non-hydrogen) atoms. The minimum absolute atomic E-state index is 0.0407. The van der Waals surface area contributed by atoms with Gasteiger partial charge in [-0.05, 0) is 55.0 Å². The van der Waals surface area contributed by atoms with Gasteiger partial charge >= 0.3 is 5.97 Å². The van der Waals surface area contributed by atoms with Crippen LogP contribution in [0.3, 0.4) is 0 Å². The van der Waals surface area contributed by atoms with Crippen molar-refractivity contribution < 1.29 is 24.2 Å². The number of nitrogens with zero attached hydrogens (tertiary/aromatic N) is 1. The average molecular weight is 422 g/mol. The standard InChI is InChI=1S/C24H26N2O5/c1-15(16-6-4-3-5-7-16)31-18-10-8-17(9-11-18)22(28)25-14-21(27)26-19(23(29)30)12-24(2)13-20(24)26/h3-11,15,19-20H,12-14H2,1-2H3,(H,25,28)(H,29,30)/t15-,19+,20+,24-/m1/s1. The van der Waals surface area contributed by atoms with E-state index in [1.165, 1.54) is 4.90 Å². The molecule has 1 saturated carbocycles. The van der Waals surface area contributed by atoms with Gasteiger partial charge in [-0.25, -0.2) is 4.79 Å². The first-order valence-corrected chi connectivity index (χ1v) is 10.4. The maximum atomic E-state index is 12.6. The van der Waals surface area contributed by atoms with Crippen molar-refractivity contribution in [1.82, 2.24) is 10.2 Å². The number of benzene rings is 2. The summed E-state index contributed by atoms with van der Waals surface area (Å²) in [6.07, 6.45) is 1.16. The number of aliphatic carboxylic acids is 1. The third-order valence-corrected chi connectivity index (χ3v) is 6.31. The topological polar surface area (TPSA) is 95.9 Å². The van der Waals surface area contributed by atoms with E-state index in [0.717, 1.165) is 12.0 Å². The third-order valence-electron chi connectivity index (χ3n) is 6.31. The lowest BCUT2D eigenvalue weighted by molar-refractivity contribution is -0.149. The largest absolute Gasteiger partial charge is 0.486 e. The van der Waals surface area contributed by atoms with Crippen LogP contribution in [0, 0.1) is 5.41 Å². The Morgan fingerprint density at radius 2 is 1.81 bits per heavy atom. The molecule has 1 aliphatic carbocycles. The molecule has 0 radical (unpaired) electrons. The molecule has 0 spiro atoms. The first-order chi connectivity index (χ1) is 14.8. The van der Waals surface area contributed by atoms with Crippen LogP contribution in [0.2, 0.25) is 0 Å². The van der Waals surface area contributed by atoms with Crippen LogP contribution in [0.15, 0.2) is 54.6 Å². The molecule has 4 rings (SSSR count). The van der Waals surface area contributed by atoms with Gasteiger partial charge in [-0.15, -0.1) is 0 Å². The molecule has 0 unspecified atom stereocenters. The van der Waals surface area contributed by atoms with E-state index in [1.807, 2.05) is 44.2 Å². The van der Waals surface area contributed by atoms with Crippen molar-refractivity contribution in [3.05, 3.63) is 65.7 Å². The highest BCUT2D eigenvalue weighted by molar-refractivity contribution is 5.97. The van der Waals surface area contributed by atoms with Crippen LogP contribution in [-0.2, 0) is 9.59 Å². The van der Waals surface area contributed by atoms with Crippen LogP contribution < -0.4 is 10.1 Å². The molecule has 162 valence electrons. The first kappa shape index (κ1) is 20.9. The van der Waals surface area contributed by atoms with Gasteiger partial charge in [0.15, 0.2) is 0 Å². The van der Waals surface area contributed by atoms with Crippen LogP contribution in [0.1, 0.15) is 48.7 Å². The van der Waals surface area contributed by atoms with E-state index in [2.05, 4.69) is 5.32 Å². The monoisotopic (exact) mass is 422 g/mol. The number of hydrogen-bond donors (Lipinski definition) is 2. The maximum Gasteiger partial charge on any atom is 0.326 e. The summed E-state index contributed by atoms with van der Waals surface area (Å²) in [6, 6.07) is 15.7. The van der Waals surface area contributed by atoms with E-state index < -0.39 is 12.0 Å². The van der Waals surface area contributed by atoms with Crippen LogP contribution in [0.5, 0.6) is 5.75 Å². The molecule has 0 bridgehead atoms. The highest BCUT2D eigenvalue weighted by Gasteiger charge is 2.64. The molecule has 1 saturated heterocycles. The predicted molar refractivity (Wildman–Crippen MR) is 114 cm³/mol. The van der Waals surface area contributed by atoms with Crippen molar-refractivity contribution in [2.24, 2.45) is 5.41 Å². The first-order valence-electron chi connectivity index (χ1n) is 10.4. The van der Waals surface area contributed by atoms with Gasteiger partial charge in [0.2, 0.25) is 5.91 Å². The number of amides is 2. The van der Waals surface area contributed by atoms with Crippen molar-refractivity contribution in [3.8, 4) is 5.75 Å². The number of carbonyl (C=O) groups is 3. The predicted octanol–water partition coefficient (Wildman–Crippen LogP) is 3.02. The summed E-state index contributed by atoms with van der Waals surface area (Å²) in [5, 5.41) is 12.0. The normalized spacial score (nSPS) is 24.8. The molecule has 4 atom stereocenters. The molecule has 2 fully saturated rings. The average Bonchev–Trinajstić information content (AvgIpc) is 3.33. The lowest BCUT2D eigenvalue weighted by Crippen LogP contribution is -2.47. The quantitative estimate of drug-likeness (QED) is 0.715. The highest BCUT2D eigenvalue weighted by Crippen LogP contribution is 2.59. The molecular weight excluding hydrogens is 396 g/mol. The van der Waals surface area contributed by atoms with Gasteiger partial charge in [-0.2, -0.15) is 0 Å². The summed E-state index contributed by atoms with van der Waals surface area (Å²) >= 11 is 0. The molecule has 2 aromatic carbocycles. The van der Waals surface area contributed by atoms with Crippen molar-refractivity contribution in [2.75, 3.05) is 6.54 Å². The van der Waals surface area contributed by atoms with Crippen molar-refractivity contribution in [1.29, 1.82) is 0 Å². The van der Waals surface area contributed by atoms with Gasteiger partial charge in [0.25, 0.3) is 5.91 Å². The van der Waals surface area contributed by atoms with Gasteiger partial charge in [0, 0.05) is 11.6 Å². The second-order valence-electron chi connectivity index (χ2n) is 8.61. The van der Waals surface area contributed by atoms with E-state index in [9.17, 15) is 19.5 Å². The zero-order chi connectivity index (χ0) is 22.2. The van der Waals surface area contributed by atoms with Crippen molar-refractivity contribution in [2.45, 2.75) is 44.9 Å². The minimum atomic E-state index is -0.992. The van der Waals surface area contributed by atoms with Crippen molar-refractivity contribution >= 4 is 17.8 Å². The summed E-state index contributed by atoms with van der Waals surface area (Å²) in [4.78, 5) is 38.0. The SMILES string of the molecule is C[C@@H](Oc1ccc(C(=O)NCC(=O)N2[C@H]3C[C@@]3(C)C[C@H]2C(=O)O)cc1)c1ccccc1. The van der Waals surface area contributed by atoms with Crippen LogP contribution >= 0.6 is 0 Å². The number of carboxylic acid groups (broad SMARTS) is 1. The minimum Gasteiger partial charge on any atom is -0.486 e. The lowest BCUT2D eigenvalue weighted by Gasteiger charge is -2.24. The Balaban J connectivity index is 1.32. The number of fused-ring (bicyclic) bond motifs is 1. The van der Waals surface area contributed by atoms with Gasteiger partial charge in [0.1, 0.15) is 17.9 Å². The fourth-order valence-corrected chi connectivity index (χ4v) is 4.38. The van der Waals surface area contributed by atoms with Gasteiger partial charge < -0.3 is 20.1 Å². The Hall–Kier alpha value is -3.35. The summed E-state index contributed by atoms with van der Waals surface area (Å²) in [5.41, 5.74) is 1.35. The van der Waals surface area contributed by atoms with Crippen LogP contribution in [0.25, 0.3) is 0 Å². The van der Waals surface area contributed by atoms with Crippen molar-refractivity contribution in [3.63, 3.8) is 0 Å². The molecule has 2 amide bonds. The van der Waals surface area contributed by atoms with Gasteiger partial charge in [-0.1, -0.05) is 37.3 Å². The summed E-state index contributed by atoms with van der Waals surface area (Å²) in [6.45, 7) is 3.73. The smallest absolute Gasteiger partial charge is 0.326 e. The Morgan fingerprint density at radius 1 is 1.13 bits per heavy atom. The fourth-order valence-electron chi connectivity index (χ4n) is 4.38. The zero-order valence-electron chi connectivity index (χ0n) is 17.6. The summed E-state index contributed by atoms with van der Waals surface area (Å²) in [7, 11) is 0. The van der Waals surface area contributed by atoms with Crippen LogP contribution in [-0.4, -0.2) is 46.4 Å². The Kier molecular flexibility index (Phi) is 5.43. The molecule has 7 nitrogen and oxygen atoms in total. The van der Waals surface area contributed by atoms with Crippen LogP contribution in [0.4, 0.5) is 0 Å². The summed E-state index contributed by atoms with van der Waals surface area (Å²) < 4.78 is 5.91. The molecule has 2 aromatic rings. The Morgan fingerprint density at radius 3 is 2.45 bits per heavy atom. The molecule has 1 aliphatic heterocycles. The Labute approximate surface area is 181 Å².